The molecule has 0 radical (unpaired) electrons. The number of amides is 1. The van der Waals surface area contributed by atoms with Crippen LogP contribution in [0, 0.1) is 0 Å². The third-order valence-corrected chi connectivity index (χ3v) is 5.65. The van der Waals surface area contributed by atoms with Crippen LogP contribution in [0.3, 0.4) is 0 Å². The summed E-state index contributed by atoms with van der Waals surface area (Å²) in [5.74, 6) is -0.813. The van der Waals surface area contributed by atoms with Crippen LogP contribution in [0.4, 0.5) is 0 Å². The summed E-state index contributed by atoms with van der Waals surface area (Å²) in [6, 6.07) is 8.71. The first-order chi connectivity index (χ1) is 11.9. The number of thioether (sulfide) groups is 2. The van der Waals surface area contributed by atoms with Gasteiger partial charge in [-0.3, -0.25) is 9.59 Å². The molecule has 1 heterocycles. The number of Topliss-reactive ketones (excluding diaryl/α,β-unsaturated/α-hetero) is 1. The number of benzene rings is 1. The lowest BCUT2D eigenvalue weighted by Crippen LogP contribution is -2.32. The second kappa shape index (κ2) is 8.73. The van der Waals surface area contributed by atoms with E-state index >= 15 is 0 Å². The molecule has 7 heteroatoms. The normalized spacial score (nSPS) is 15.8. The molecule has 0 fully saturated rings. The maximum atomic E-state index is 12.8. The van der Waals surface area contributed by atoms with E-state index in [1.807, 2.05) is 13.0 Å². The van der Waals surface area contributed by atoms with E-state index in [4.69, 9.17) is 0 Å². The van der Waals surface area contributed by atoms with Gasteiger partial charge in [0.1, 0.15) is 5.70 Å². The Morgan fingerprint density at radius 2 is 2.00 bits per heavy atom. The molecule has 0 saturated heterocycles. The van der Waals surface area contributed by atoms with Crippen molar-refractivity contribution in [3.63, 3.8) is 0 Å². The second-order valence-corrected chi connectivity index (χ2v) is 7.49. The Kier molecular flexibility index (Phi) is 6.66. The van der Waals surface area contributed by atoms with Gasteiger partial charge in [0.05, 0.1) is 16.3 Å². The minimum atomic E-state index is -0.625. The predicted molar refractivity (Wildman–Crippen MR) is 101 cm³/mol. The number of hydrogen-bond acceptors (Lipinski definition) is 6. The number of hydrogen-bond donors (Lipinski definition) is 1. The van der Waals surface area contributed by atoms with E-state index < -0.39 is 11.9 Å². The minimum absolute atomic E-state index is 0.181. The van der Waals surface area contributed by atoms with Gasteiger partial charge in [0, 0.05) is 17.4 Å². The van der Waals surface area contributed by atoms with Gasteiger partial charge in [0.15, 0.2) is 0 Å². The van der Waals surface area contributed by atoms with Crippen LogP contribution in [0.2, 0.25) is 0 Å². The molecule has 1 aromatic rings. The van der Waals surface area contributed by atoms with Crippen LogP contribution in [0.25, 0.3) is 0 Å². The monoisotopic (exact) mass is 375 g/mol. The Morgan fingerprint density at radius 1 is 1.32 bits per heavy atom. The van der Waals surface area contributed by atoms with Crippen molar-refractivity contribution >= 4 is 41.2 Å². The van der Waals surface area contributed by atoms with Gasteiger partial charge in [-0.25, -0.2) is 4.79 Å². The summed E-state index contributed by atoms with van der Waals surface area (Å²) < 4.78 is 5.18. The molecule has 0 saturated carbocycles. The Hall–Kier alpha value is -2.25. The van der Waals surface area contributed by atoms with Gasteiger partial charge in [-0.15, -0.1) is 11.8 Å². The zero-order chi connectivity index (χ0) is 18.4. The Morgan fingerprint density at radius 3 is 2.60 bits per heavy atom. The van der Waals surface area contributed by atoms with E-state index in [0.717, 1.165) is 23.4 Å². The molecule has 130 valence electrons. The standard InChI is InChI=1S/C18H17NO4S2/c1-11(2)10-24-18-15(16(21)12-7-5-4-6-8-12)19-17(22)13(25-18)9-14(20)23-3/h4-9H,1,10H2,2-3H3,(H,19,22)/b13-9+. The third kappa shape index (κ3) is 5.11. The third-order valence-electron chi connectivity index (χ3n) is 3.03. The molecular weight excluding hydrogens is 358 g/mol. The molecule has 1 N–H and O–H groups in total. The maximum absolute atomic E-state index is 12.8. The van der Waals surface area contributed by atoms with Crippen molar-refractivity contribution in [2.24, 2.45) is 0 Å². The Balaban J connectivity index is 2.39. The molecule has 0 atom stereocenters. The van der Waals surface area contributed by atoms with Crippen molar-refractivity contribution < 1.29 is 19.1 Å². The summed E-state index contributed by atoms with van der Waals surface area (Å²) in [6.07, 6.45) is 1.12. The first-order valence-electron chi connectivity index (χ1n) is 7.32. The van der Waals surface area contributed by atoms with Crippen LogP contribution >= 0.6 is 23.5 Å². The van der Waals surface area contributed by atoms with E-state index in [-0.39, 0.29) is 16.4 Å². The highest BCUT2D eigenvalue weighted by molar-refractivity contribution is 8.24. The van der Waals surface area contributed by atoms with Crippen molar-refractivity contribution in [2.45, 2.75) is 6.92 Å². The van der Waals surface area contributed by atoms with Gasteiger partial charge < -0.3 is 10.1 Å². The number of carbonyl (C=O) groups is 3. The van der Waals surface area contributed by atoms with Crippen molar-refractivity contribution in [2.75, 3.05) is 12.9 Å². The first-order valence-corrected chi connectivity index (χ1v) is 9.12. The summed E-state index contributed by atoms with van der Waals surface area (Å²) in [4.78, 5) is 36.6. The number of ether oxygens (including phenoxy) is 1. The number of allylic oxidation sites excluding steroid dienone is 1. The minimum Gasteiger partial charge on any atom is -0.466 e. The average Bonchev–Trinajstić information content (AvgIpc) is 2.61. The van der Waals surface area contributed by atoms with Gasteiger partial charge in [0.25, 0.3) is 5.91 Å². The Labute approximate surface area is 154 Å². The second-order valence-electron chi connectivity index (χ2n) is 5.19. The van der Waals surface area contributed by atoms with E-state index in [1.54, 1.807) is 24.3 Å². The lowest BCUT2D eigenvalue weighted by atomic mass is 10.1. The van der Waals surface area contributed by atoms with Gasteiger partial charge in [-0.2, -0.15) is 0 Å². The Bertz CT molecular complexity index is 782. The van der Waals surface area contributed by atoms with Crippen molar-refractivity contribution in [3.05, 3.63) is 69.0 Å². The lowest BCUT2D eigenvalue weighted by molar-refractivity contribution is -0.135. The largest absolute Gasteiger partial charge is 0.466 e. The topological polar surface area (TPSA) is 72.5 Å². The van der Waals surface area contributed by atoms with Crippen LogP contribution in [0.1, 0.15) is 17.3 Å². The molecule has 0 aliphatic carbocycles. The molecule has 0 spiro atoms. The molecule has 1 aliphatic rings. The number of rotatable bonds is 6. The first kappa shape index (κ1) is 19.1. The fraction of sp³-hybridized carbons (Fsp3) is 0.167. The molecule has 1 amide bonds. The number of esters is 1. The number of methoxy groups -OCH3 is 1. The molecule has 5 nitrogen and oxygen atoms in total. The quantitative estimate of drug-likeness (QED) is 0.356. The summed E-state index contributed by atoms with van der Waals surface area (Å²) >= 11 is 2.48. The van der Waals surface area contributed by atoms with E-state index in [1.165, 1.54) is 18.9 Å². The van der Waals surface area contributed by atoms with Crippen LogP contribution in [-0.2, 0) is 14.3 Å². The molecule has 0 bridgehead atoms. The smallest absolute Gasteiger partial charge is 0.331 e. The fourth-order valence-electron chi connectivity index (χ4n) is 1.86. The number of nitrogens with one attached hydrogen (secondary N) is 1. The van der Waals surface area contributed by atoms with E-state index in [2.05, 4.69) is 16.6 Å². The van der Waals surface area contributed by atoms with Crippen molar-refractivity contribution in [3.8, 4) is 0 Å². The van der Waals surface area contributed by atoms with Crippen LogP contribution in [0.15, 0.2) is 63.4 Å². The summed E-state index contributed by atoms with van der Waals surface area (Å²) in [7, 11) is 1.24. The molecule has 1 aliphatic heterocycles. The molecule has 0 aromatic heterocycles. The number of carbonyl (C=O) groups excluding carboxylic acids is 3. The molecule has 25 heavy (non-hydrogen) atoms. The van der Waals surface area contributed by atoms with E-state index in [9.17, 15) is 14.4 Å². The molecular formula is C18H17NO4S2. The van der Waals surface area contributed by atoms with Crippen molar-refractivity contribution in [1.29, 1.82) is 0 Å². The average molecular weight is 375 g/mol. The fourth-order valence-corrected chi connectivity index (χ4v) is 3.95. The van der Waals surface area contributed by atoms with Crippen LogP contribution < -0.4 is 5.32 Å². The molecule has 2 rings (SSSR count). The van der Waals surface area contributed by atoms with Crippen molar-refractivity contribution in [1.82, 2.24) is 5.32 Å². The van der Waals surface area contributed by atoms with Gasteiger partial charge >= 0.3 is 5.97 Å². The van der Waals surface area contributed by atoms with Crippen LogP contribution in [-0.4, -0.2) is 30.5 Å². The molecule has 1 aromatic carbocycles. The lowest BCUT2D eigenvalue weighted by Gasteiger charge is -2.21. The zero-order valence-corrected chi connectivity index (χ0v) is 15.5. The zero-order valence-electron chi connectivity index (χ0n) is 13.8. The number of ketones is 1. The summed E-state index contributed by atoms with van der Waals surface area (Å²) in [5, 5.41) is 2.61. The highest BCUT2D eigenvalue weighted by Gasteiger charge is 2.29. The van der Waals surface area contributed by atoms with Gasteiger partial charge in [-0.1, -0.05) is 54.2 Å². The SMILES string of the molecule is C=C(C)CSC1=C(C(=O)c2ccccc2)NC(=O)/C(=C\C(=O)OC)S1. The highest BCUT2D eigenvalue weighted by atomic mass is 32.2. The highest BCUT2D eigenvalue weighted by Crippen LogP contribution is 2.40. The van der Waals surface area contributed by atoms with Gasteiger partial charge in [0.2, 0.25) is 5.78 Å². The van der Waals surface area contributed by atoms with Gasteiger partial charge in [-0.05, 0) is 6.92 Å². The maximum Gasteiger partial charge on any atom is 0.331 e. The molecule has 0 unspecified atom stereocenters. The van der Waals surface area contributed by atoms with E-state index in [0.29, 0.717) is 15.6 Å². The van der Waals surface area contributed by atoms with Crippen LogP contribution in [0.5, 0.6) is 0 Å². The predicted octanol–water partition coefficient (Wildman–Crippen LogP) is 3.27. The summed E-state index contributed by atoms with van der Waals surface area (Å²) in [5.41, 5.74) is 1.63. The summed E-state index contributed by atoms with van der Waals surface area (Å²) in [6.45, 7) is 5.73.